The van der Waals surface area contributed by atoms with Crippen molar-refractivity contribution in [3.05, 3.63) is 71.3 Å². The highest BCUT2D eigenvalue weighted by atomic mass is 19.1. The number of halogens is 1. The van der Waals surface area contributed by atoms with Crippen molar-refractivity contribution in [2.24, 2.45) is 5.92 Å². The Morgan fingerprint density at radius 3 is 2.81 bits per heavy atom. The standard InChI is InChI=1S/C22H20FN3/c1-14-6-10-17(26-22-5-3-2-4-21(22)24-25-26)13-18(14)16-9-11-20(23)19(12-16)15-7-8-15/h2-6,9-10,12-13,15,20H,7-8,11H2,1H3. The van der Waals surface area contributed by atoms with Crippen molar-refractivity contribution in [3.63, 3.8) is 0 Å². The lowest BCUT2D eigenvalue weighted by molar-refractivity contribution is 0.371. The van der Waals surface area contributed by atoms with Crippen LogP contribution >= 0.6 is 0 Å². The molecule has 2 aliphatic rings. The Labute approximate surface area is 151 Å². The summed E-state index contributed by atoms with van der Waals surface area (Å²) in [5.74, 6) is 0.455. The predicted octanol–water partition coefficient (Wildman–Crippen LogP) is 5.19. The molecular formula is C22H20FN3. The molecule has 3 nitrogen and oxygen atoms in total. The molecule has 0 N–H and O–H groups in total. The minimum atomic E-state index is -0.811. The van der Waals surface area contributed by atoms with E-state index in [9.17, 15) is 4.39 Å². The number of alkyl halides is 1. The maximum absolute atomic E-state index is 14.3. The Hall–Kier alpha value is -2.75. The van der Waals surface area contributed by atoms with Crippen molar-refractivity contribution in [2.75, 3.05) is 0 Å². The number of rotatable bonds is 3. The van der Waals surface area contributed by atoms with Crippen LogP contribution in [-0.2, 0) is 0 Å². The SMILES string of the molecule is Cc1ccc(-n2nnc3ccccc32)cc1C1=CCC(F)C(C2CC2)=C1. The van der Waals surface area contributed by atoms with Crippen LogP contribution in [0.25, 0.3) is 22.3 Å². The number of fused-ring (bicyclic) bond motifs is 1. The number of hydrogen-bond acceptors (Lipinski definition) is 2. The molecule has 1 atom stereocenters. The lowest BCUT2D eigenvalue weighted by Gasteiger charge is -2.19. The molecule has 1 aromatic heterocycles. The van der Waals surface area contributed by atoms with Crippen LogP contribution < -0.4 is 0 Å². The average molecular weight is 345 g/mol. The van der Waals surface area contributed by atoms with E-state index in [4.69, 9.17) is 0 Å². The zero-order valence-electron chi connectivity index (χ0n) is 14.7. The number of aromatic nitrogens is 3. The summed E-state index contributed by atoms with van der Waals surface area (Å²) in [5, 5.41) is 8.57. The summed E-state index contributed by atoms with van der Waals surface area (Å²) in [6.07, 6.45) is 6.04. The summed E-state index contributed by atoms with van der Waals surface area (Å²) in [4.78, 5) is 0. The zero-order chi connectivity index (χ0) is 17.7. The molecule has 1 heterocycles. The second kappa shape index (κ2) is 5.90. The van der Waals surface area contributed by atoms with Crippen LogP contribution in [0.4, 0.5) is 4.39 Å². The molecule has 0 spiro atoms. The molecule has 0 bridgehead atoms. The summed E-state index contributed by atoms with van der Waals surface area (Å²) < 4.78 is 16.1. The lowest BCUT2D eigenvalue weighted by Crippen LogP contribution is -2.10. The van der Waals surface area contributed by atoms with E-state index in [-0.39, 0.29) is 0 Å². The molecule has 0 saturated heterocycles. The Morgan fingerprint density at radius 2 is 1.96 bits per heavy atom. The van der Waals surface area contributed by atoms with E-state index in [1.54, 1.807) is 0 Å². The quantitative estimate of drug-likeness (QED) is 0.654. The van der Waals surface area contributed by atoms with Gasteiger partial charge in [-0.2, -0.15) is 0 Å². The van der Waals surface area contributed by atoms with E-state index in [0.29, 0.717) is 12.3 Å². The van der Waals surface area contributed by atoms with Crippen molar-refractivity contribution in [1.82, 2.24) is 15.0 Å². The first-order valence-corrected chi connectivity index (χ1v) is 9.18. The van der Waals surface area contributed by atoms with Crippen molar-refractivity contribution in [3.8, 4) is 5.69 Å². The van der Waals surface area contributed by atoms with Gasteiger partial charge in [0.15, 0.2) is 0 Å². The van der Waals surface area contributed by atoms with E-state index in [1.807, 2.05) is 35.0 Å². The molecule has 2 aromatic carbocycles. The van der Waals surface area contributed by atoms with Gasteiger partial charge in [-0.1, -0.05) is 35.6 Å². The Bertz CT molecular complexity index is 1060. The Morgan fingerprint density at radius 1 is 1.12 bits per heavy atom. The van der Waals surface area contributed by atoms with Crippen molar-refractivity contribution in [2.45, 2.75) is 32.4 Å². The highest BCUT2D eigenvalue weighted by molar-refractivity contribution is 5.80. The minimum absolute atomic E-state index is 0.455. The molecule has 1 unspecified atom stereocenters. The van der Waals surface area contributed by atoms with Crippen LogP contribution in [0.1, 0.15) is 30.4 Å². The highest BCUT2D eigenvalue weighted by Crippen LogP contribution is 2.43. The number of allylic oxidation sites excluding steroid dienone is 4. The monoisotopic (exact) mass is 345 g/mol. The number of benzene rings is 2. The molecule has 1 fully saturated rings. The fourth-order valence-corrected chi connectivity index (χ4v) is 3.79. The third kappa shape index (κ3) is 2.57. The van der Waals surface area contributed by atoms with Gasteiger partial charge in [-0.25, -0.2) is 9.07 Å². The Balaban J connectivity index is 1.59. The first-order valence-electron chi connectivity index (χ1n) is 9.18. The summed E-state index contributed by atoms with van der Waals surface area (Å²) in [5.41, 5.74) is 7.29. The van der Waals surface area contributed by atoms with Crippen LogP contribution in [0.15, 0.2) is 60.2 Å². The summed E-state index contributed by atoms with van der Waals surface area (Å²) in [6, 6.07) is 14.2. The van der Waals surface area contributed by atoms with Crippen LogP contribution in [-0.4, -0.2) is 21.2 Å². The molecule has 4 heteroatoms. The van der Waals surface area contributed by atoms with E-state index >= 15 is 0 Å². The summed E-state index contributed by atoms with van der Waals surface area (Å²) in [6.45, 7) is 2.10. The largest absolute Gasteiger partial charge is 0.242 e. The van der Waals surface area contributed by atoms with E-state index in [2.05, 4.69) is 41.5 Å². The average Bonchev–Trinajstić information content (AvgIpc) is 3.42. The first kappa shape index (κ1) is 15.5. The summed E-state index contributed by atoms with van der Waals surface area (Å²) >= 11 is 0. The third-order valence-electron chi connectivity index (χ3n) is 5.41. The molecule has 1 saturated carbocycles. The second-order valence-corrected chi connectivity index (χ2v) is 7.27. The number of aryl methyl sites for hydroxylation is 1. The van der Waals surface area contributed by atoms with Crippen molar-refractivity contribution < 1.29 is 4.39 Å². The van der Waals surface area contributed by atoms with Gasteiger partial charge in [0, 0.05) is 6.42 Å². The van der Waals surface area contributed by atoms with E-state index < -0.39 is 6.17 Å². The van der Waals surface area contributed by atoms with Gasteiger partial charge >= 0.3 is 0 Å². The smallest absolute Gasteiger partial charge is 0.125 e. The van der Waals surface area contributed by atoms with Gasteiger partial charge in [0.05, 0.1) is 11.2 Å². The number of para-hydroxylation sites is 1. The molecule has 3 aromatic rings. The van der Waals surface area contributed by atoms with Crippen LogP contribution in [0.3, 0.4) is 0 Å². The molecule has 0 amide bonds. The molecule has 130 valence electrons. The van der Waals surface area contributed by atoms with Gasteiger partial charge in [-0.05, 0) is 72.2 Å². The molecule has 0 radical (unpaired) electrons. The normalized spacial score (nSPS) is 20.2. The van der Waals surface area contributed by atoms with E-state index in [1.165, 1.54) is 5.56 Å². The van der Waals surface area contributed by atoms with Crippen LogP contribution in [0.5, 0.6) is 0 Å². The Kier molecular flexibility index (Phi) is 3.52. The van der Waals surface area contributed by atoms with Gasteiger partial charge in [0.2, 0.25) is 0 Å². The molecular weight excluding hydrogens is 325 g/mol. The van der Waals surface area contributed by atoms with Gasteiger partial charge in [-0.3, -0.25) is 0 Å². The minimum Gasteiger partial charge on any atom is -0.242 e. The molecule has 26 heavy (non-hydrogen) atoms. The molecule has 2 aliphatic carbocycles. The van der Waals surface area contributed by atoms with E-state index in [0.717, 1.165) is 46.3 Å². The second-order valence-electron chi connectivity index (χ2n) is 7.27. The maximum atomic E-state index is 14.3. The van der Waals surface area contributed by atoms with Gasteiger partial charge in [-0.15, -0.1) is 5.10 Å². The topological polar surface area (TPSA) is 30.7 Å². The van der Waals surface area contributed by atoms with Crippen LogP contribution in [0, 0.1) is 12.8 Å². The predicted molar refractivity (Wildman–Crippen MR) is 102 cm³/mol. The number of nitrogens with zero attached hydrogens (tertiary/aromatic N) is 3. The van der Waals surface area contributed by atoms with Crippen molar-refractivity contribution in [1.29, 1.82) is 0 Å². The van der Waals surface area contributed by atoms with Gasteiger partial charge in [0.1, 0.15) is 11.7 Å². The molecule has 5 rings (SSSR count). The van der Waals surface area contributed by atoms with Gasteiger partial charge < -0.3 is 0 Å². The highest BCUT2D eigenvalue weighted by Gasteiger charge is 2.32. The van der Waals surface area contributed by atoms with Crippen LogP contribution in [0.2, 0.25) is 0 Å². The van der Waals surface area contributed by atoms with Crippen molar-refractivity contribution >= 4 is 16.6 Å². The lowest BCUT2D eigenvalue weighted by atomic mass is 9.89. The fraction of sp³-hybridized carbons (Fsp3) is 0.273. The summed E-state index contributed by atoms with van der Waals surface area (Å²) in [7, 11) is 0. The zero-order valence-corrected chi connectivity index (χ0v) is 14.7. The fourth-order valence-electron chi connectivity index (χ4n) is 3.79. The van der Waals surface area contributed by atoms with Gasteiger partial charge in [0.25, 0.3) is 0 Å². The maximum Gasteiger partial charge on any atom is 0.125 e. The first-order chi connectivity index (χ1) is 12.7. The number of hydrogen-bond donors (Lipinski definition) is 0. The molecule has 0 aliphatic heterocycles. The third-order valence-corrected chi connectivity index (χ3v) is 5.41.